The first-order valence-electron chi connectivity index (χ1n) is 7.82. The van der Waals surface area contributed by atoms with Crippen molar-refractivity contribution < 1.29 is 9.21 Å². The van der Waals surface area contributed by atoms with Crippen LogP contribution in [0.5, 0.6) is 0 Å². The number of carbonyl (C=O) groups is 1. The molecule has 1 amide bonds. The van der Waals surface area contributed by atoms with Gasteiger partial charge in [-0.1, -0.05) is 23.7 Å². The Labute approximate surface area is 168 Å². The van der Waals surface area contributed by atoms with Crippen molar-refractivity contribution in [3.05, 3.63) is 80.9 Å². The van der Waals surface area contributed by atoms with Gasteiger partial charge < -0.3 is 9.73 Å². The summed E-state index contributed by atoms with van der Waals surface area (Å²) in [6, 6.07) is 20.1. The highest BCUT2D eigenvalue weighted by Crippen LogP contribution is 2.27. The molecule has 0 atom stereocenters. The third-order valence-electron chi connectivity index (χ3n) is 3.86. The first kappa shape index (κ1) is 17.1. The van der Waals surface area contributed by atoms with E-state index in [9.17, 15) is 4.79 Å². The fraction of sp³-hybridized carbons (Fsp3) is 0. The van der Waals surface area contributed by atoms with Crippen LogP contribution in [-0.4, -0.2) is 10.9 Å². The average Bonchev–Trinajstić information content (AvgIpc) is 3.05. The highest BCUT2D eigenvalue weighted by Gasteiger charge is 2.11. The highest BCUT2D eigenvalue weighted by molar-refractivity contribution is 14.1. The normalized spacial score (nSPS) is 10.8. The molecule has 0 spiro atoms. The Balaban J connectivity index is 1.56. The van der Waals surface area contributed by atoms with Crippen LogP contribution in [0.3, 0.4) is 0 Å². The van der Waals surface area contributed by atoms with Gasteiger partial charge in [0.1, 0.15) is 5.52 Å². The minimum Gasteiger partial charge on any atom is -0.436 e. The summed E-state index contributed by atoms with van der Waals surface area (Å²) in [5.74, 6) is 0.372. The summed E-state index contributed by atoms with van der Waals surface area (Å²) in [4.78, 5) is 16.8. The van der Waals surface area contributed by atoms with Crippen LogP contribution < -0.4 is 5.32 Å². The van der Waals surface area contributed by atoms with Crippen molar-refractivity contribution in [2.45, 2.75) is 0 Å². The Morgan fingerprint density at radius 2 is 1.81 bits per heavy atom. The largest absolute Gasteiger partial charge is 0.436 e. The number of benzene rings is 3. The molecular weight excluding hydrogens is 463 g/mol. The van der Waals surface area contributed by atoms with E-state index in [-0.39, 0.29) is 5.91 Å². The van der Waals surface area contributed by atoms with Gasteiger partial charge in [0.15, 0.2) is 5.58 Å². The summed E-state index contributed by atoms with van der Waals surface area (Å²) in [7, 11) is 0. The van der Waals surface area contributed by atoms with E-state index in [4.69, 9.17) is 16.0 Å². The summed E-state index contributed by atoms with van der Waals surface area (Å²) in [5.41, 5.74) is 3.57. The number of amides is 1. The van der Waals surface area contributed by atoms with Crippen LogP contribution in [0, 0.1) is 3.57 Å². The van der Waals surface area contributed by atoms with Gasteiger partial charge in [0.25, 0.3) is 5.91 Å². The maximum Gasteiger partial charge on any atom is 0.256 e. The first-order valence-corrected chi connectivity index (χ1v) is 9.28. The van der Waals surface area contributed by atoms with Crippen LogP contribution >= 0.6 is 34.2 Å². The smallest absolute Gasteiger partial charge is 0.256 e. The molecule has 1 aromatic heterocycles. The van der Waals surface area contributed by atoms with E-state index in [0.29, 0.717) is 33.3 Å². The van der Waals surface area contributed by atoms with Crippen molar-refractivity contribution in [2.75, 3.05) is 5.32 Å². The standard InChI is InChI=1S/C20H12ClIN2O2/c21-13-7-10-18-17(11-13)24-20(26-18)12-5-8-14(9-6-12)23-19(25)15-3-1-2-4-16(15)22/h1-11H,(H,23,25). The fourth-order valence-electron chi connectivity index (χ4n) is 2.56. The molecule has 6 heteroatoms. The monoisotopic (exact) mass is 474 g/mol. The van der Waals surface area contributed by atoms with Gasteiger partial charge in [-0.2, -0.15) is 0 Å². The molecule has 3 aromatic carbocycles. The lowest BCUT2D eigenvalue weighted by Crippen LogP contribution is -2.13. The van der Waals surface area contributed by atoms with Gasteiger partial charge in [-0.25, -0.2) is 4.98 Å². The molecule has 0 aliphatic rings. The number of hydrogen-bond acceptors (Lipinski definition) is 3. The molecule has 0 fully saturated rings. The third-order valence-corrected chi connectivity index (χ3v) is 5.03. The molecule has 0 saturated carbocycles. The number of rotatable bonds is 3. The minimum absolute atomic E-state index is 0.140. The second-order valence-corrected chi connectivity index (χ2v) is 7.24. The van der Waals surface area contributed by atoms with Gasteiger partial charge in [-0.3, -0.25) is 4.79 Å². The predicted molar refractivity (Wildman–Crippen MR) is 112 cm³/mol. The van der Waals surface area contributed by atoms with Crippen LogP contribution in [0.15, 0.2) is 71.1 Å². The Bertz CT molecular complexity index is 1110. The number of carbonyl (C=O) groups excluding carboxylic acids is 1. The van der Waals surface area contributed by atoms with Crippen molar-refractivity contribution in [2.24, 2.45) is 0 Å². The zero-order valence-electron chi connectivity index (χ0n) is 13.4. The Hall–Kier alpha value is -2.38. The van der Waals surface area contributed by atoms with Crippen LogP contribution in [0.4, 0.5) is 5.69 Å². The average molecular weight is 475 g/mol. The second kappa shape index (κ2) is 7.09. The lowest BCUT2D eigenvalue weighted by Gasteiger charge is -2.07. The van der Waals surface area contributed by atoms with E-state index < -0.39 is 0 Å². The van der Waals surface area contributed by atoms with Crippen molar-refractivity contribution in [3.8, 4) is 11.5 Å². The summed E-state index contributed by atoms with van der Waals surface area (Å²) in [6.45, 7) is 0. The first-order chi connectivity index (χ1) is 12.6. The molecule has 128 valence electrons. The zero-order chi connectivity index (χ0) is 18.1. The van der Waals surface area contributed by atoms with Crippen LogP contribution in [-0.2, 0) is 0 Å². The Morgan fingerprint density at radius 3 is 2.58 bits per heavy atom. The molecule has 0 saturated heterocycles. The number of anilines is 1. The van der Waals surface area contributed by atoms with E-state index in [1.807, 2.05) is 42.5 Å². The van der Waals surface area contributed by atoms with Crippen molar-refractivity contribution in [1.29, 1.82) is 0 Å². The summed E-state index contributed by atoms with van der Waals surface area (Å²) in [5, 5.41) is 3.52. The quantitative estimate of drug-likeness (QED) is 0.370. The predicted octanol–water partition coefficient (Wildman–Crippen LogP) is 6.01. The second-order valence-electron chi connectivity index (χ2n) is 5.64. The van der Waals surface area contributed by atoms with Gasteiger partial charge in [0.05, 0.1) is 5.56 Å². The van der Waals surface area contributed by atoms with E-state index >= 15 is 0 Å². The molecule has 0 aliphatic carbocycles. The number of aromatic nitrogens is 1. The molecule has 0 bridgehead atoms. The summed E-state index contributed by atoms with van der Waals surface area (Å²) >= 11 is 8.13. The highest BCUT2D eigenvalue weighted by atomic mass is 127. The molecule has 1 heterocycles. The number of fused-ring (bicyclic) bond motifs is 1. The molecule has 0 radical (unpaired) electrons. The molecular formula is C20H12ClIN2O2. The molecule has 26 heavy (non-hydrogen) atoms. The topological polar surface area (TPSA) is 55.1 Å². The van der Waals surface area contributed by atoms with E-state index in [1.54, 1.807) is 24.3 Å². The zero-order valence-corrected chi connectivity index (χ0v) is 16.3. The molecule has 0 aliphatic heterocycles. The van der Waals surface area contributed by atoms with E-state index in [2.05, 4.69) is 32.9 Å². The summed E-state index contributed by atoms with van der Waals surface area (Å²) < 4.78 is 6.66. The maximum absolute atomic E-state index is 12.4. The lowest BCUT2D eigenvalue weighted by molar-refractivity contribution is 0.102. The van der Waals surface area contributed by atoms with Crippen LogP contribution in [0.25, 0.3) is 22.6 Å². The van der Waals surface area contributed by atoms with Gasteiger partial charge in [0.2, 0.25) is 5.89 Å². The molecule has 4 rings (SSSR count). The molecule has 1 N–H and O–H groups in total. The fourth-order valence-corrected chi connectivity index (χ4v) is 3.36. The number of nitrogens with zero attached hydrogens (tertiary/aromatic N) is 1. The number of hydrogen-bond donors (Lipinski definition) is 1. The maximum atomic E-state index is 12.4. The van der Waals surface area contributed by atoms with Crippen molar-refractivity contribution in [1.82, 2.24) is 4.98 Å². The lowest BCUT2D eigenvalue weighted by atomic mass is 10.2. The van der Waals surface area contributed by atoms with E-state index in [0.717, 1.165) is 9.13 Å². The van der Waals surface area contributed by atoms with E-state index in [1.165, 1.54) is 0 Å². The molecule has 4 aromatic rings. The van der Waals surface area contributed by atoms with Gasteiger partial charge in [-0.05, 0) is 77.2 Å². The number of nitrogens with one attached hydrogen (secondary N) is 1. The van der Waals surface area contributed by atoms with Gasteiger partial charge >= 0.3 is 0 Å². The molecule has 4 nitrogen and oxygen atoms in total. The minimum atomic E-state index is -0.140. The molecule has 0 unspecified atom stereocenters. The summed E-state index contributed by atoms with van der Waals surface area (Å²) in [6.07, 6.45) is 0. The van der Waals surface area contributed by atoms with Gasteiger partial charge in [-0.15, -0.1) is 0 Å². The van der Waals surface area contributed by atoms with Crippen LogP contribution in [0.2, 0.25) is 5.02 Å². The van der Waals surface area contributed by atoms with Gasteiger partial charge in [0, 0.05) is 19.8 Å². The number of halogens is 2. The van der Waals surface area contributed by atoms with Crippen molar-refractivity contribution in [3.63, 3.8) is 0 Å². The Kier molecular flexibility index (Phi) is 4.65. The van der Waals surface area contributed by atoms with Crippen LogP contribution in [0.1, 0.15) is 10.4 Å². The number of oxazole rings is 1. The third kappa shape index (κ3) is 3.45. The SMILES string of the molecule is O=C(Nc1ccc(-c2nc3cc(Cl)ccc3o2)cc1)c1ccccc1I. The Morgan fingerprint density at radius 1 is 1.04 bits per heavy atom. The van der Waals surface area contributed by atoms with Crippen molar-refractivity contribution >= 4 is 56.9 Å².